The second kappa shape index (κ2) is 10.9. The third kappa shape index (κ3) is 5.32. The van der Waals surface area contributed by atoms with Gasteiger partial charge in [0.1, 0.15) is 0 Å². The molecule has 1 aliphatic rings. The van der Waals surface area contributed by atoms with E-state index in [1.807, 2.05) is 13.0 Å². The quantitative estimate of drug-likeness (QED) is 0.115. The predicted molar refractivity (Wildman–Crippen MR) is 141 cm³/mol. The zero-order valence-corrected chi connectivity index (χ0v) is 19.4. The van der Waals surface area contributed by atoms with E-state index in [2.05, 4.69) is 84.2 Å². The van der Waals surface area contributed by atoms with Gasteiger partial charge in [-0.1, -0.05) is 79.2 Å². The van der Waals surface area contributed by atoms with Crippen LogP contribution >= 0.6 is 0 Å². The third-order valence-corrected chi connectivity index (χ3v) is 6.47. The molecule has 33 heavy (non-hydrogen) atoms. The first-order chi connectivity index (χ1) is 16.2. The number of nitrogen functional groups attached to an aromatic ring is 1. The van der Waals surface area contributed by atoms with Crippen molar-refractivity contribution >= 4 is 23.0 Å². The summed E-state index contributed by atoms with van der Waals surface area (Å²) in [5, 5.41) is 11.3. The van der Waals surface area contributed by atoms with E-state index in [0.29, 0.717) is 11.6 Å². The SMILES string of the molecule is C/C=C/CNCc1ccc(/C(=C(\c2ccccc2)C2CCC2)c2ccc(N)c(C=N)c2)cc1. The number of nitrogens with two attached hydrogens (primary N) is 1. The number of nitrogens with one attached hydrogen (secondary N) is 2. The van der Waals surface area contributed by atoms with Gasteiger partial charge in [0.15, 0.2) is 0 Å². The third-order valence-electron chi connectivity index (χ3n) is 6.47. The molecule has 168 valence electrons. The Bertz CT molecular complexity index is 1140. The van der Waals surface area contributed by atoms with Crippen LogP contribution in [0.3, 0.4) is 0 Å². The minimum absolute atomic E-state index is 0.547. The van der Waals surface area contributed by atoms with Gasteiger partial charge in [0, 0.05) is 30.6 Å². The summed E-state index contributed by atoms with van der Waals surface area (Å²) in [5.74, 6) is 0.547. The summed E-state index contributed by atoms with van der Waals surface area (Å²) in [6.45, 7) is 3.76. The lowest BCUT2D eigenvalue weighted by molar-refractivity contribution is 0.401. The number of benzene rings is 3. The van der Waals surface area contributed by atoms with Gasteiger partial charge in [-0.25, -0.2) is 0 Å². The van der Waals surface area contributed by atoms with Crippen LogP contribution in [-0.2, 0) is 6.54 Å². The van der Waals surface area contributed by atoms with Crippen LogP contribution in [0, 0.1) is 11.3 Å². The fraction of sp³-hybridized carbons (Fsp3) is 0.233. The van der Waals surface area contributed by atoms with Gasteiger partial charge >= 0.3 is 0 Å². The number of anilines is 1. The van der Waals surface area contributed by atoms with Crippen molar-refractivity contribution in [3.8, 4) is 0 Å². The Morgan fingerprint density at radius 1 is 0.970 bits per heavy atom. The van der Waals surface area contributed by atoms with Gasteiger partial charge in [-0.05, 0) is 71.2 Å². The highest BCUT2D eigenvalue weighted by atomic mass is 14.8. The Hall–Kier alpha value is -3.43. The largest absolute Gasteiger partial charge is 0.398 e. The molecule has 0 atom stereocenters. The molecular weight excluding hydrogens is 402 g/mol. The monoisotopic (exact) mass is 435 g/mol. The zero-order chi connectivity index (χ0) is 23.0. The Labute approximate surface area is 197 Å². The highest BCUT2D eigenvalue weighted by Crippen LogP contribution is 2.45. The molecule has 1 fully saturated rings. The zero-order valence-electron chi connectivity index (χ0n) is 19.4. The Kier molecular flexibility index (Phi) is 7.54. The van der Waals surface area contributed by atoms with E-state index in [0.717, 1.165) is 24.2 Å². The molecule has 0 aromatic heterocycles. The molecule has 3 aromatic rings. The minimum Gasteiger partial charge on any atom is -0.398 e. The maximum atomic E-state index is 7.82. The van der Waals surface area contributed by atoms with Crippen LogP contribution in [0.2, 0.25) is 0 Å². The molecule has 3 nitrogen and oxygen atoms in total. The average Bonchev–Trinajstić information content (AvgIpc) is 2.82. The summed E-state index contributed by atoms with van der Waals surface area (Å²) in [4.78, 5) is 0. The molecule has 1 saturated carbocycles. The maximum Gasteiger partial charge on any atom is 0.0403 e. The molecule has 0 spiro atoms. The first-order valence-electron chi connectivity index (χ1n) is 11.8. The van der Waals surface area contributed by atoms with E-state index < -0.39 is 0 Å². The van der Waals surface area contributed by atoms with Gasteiger partial charge in [0.2, 0.25) is 0 Å². The Morgan fingerprint density at radius 3 is 2.33 bits per heavy atom. The first kappa shape index (κ1) is 22.8. The predicted octanol–water partition coefficient (Wildman–Crippen LogP) is 6.69. The van der Waals surface area contributed by atoms with E-state index in [1.54, 1.807) is 0 Å². The molecule has 0 radical (unpaired) electrons. The number of hydrogen-bond donors (Lipinski definition) is 3. The Morgan fingerprint density at radius 2 is 1.70 bits per heavy atom. The fourth-order valence-corrected chi connectivity index (χ4v) is 4.44. The van der Waals surface area contributed by atoms with Gasteiger partial charge in [0.25, 0.3) is 0 Å². The molecule has 0 heterocycles. The maximum absolute atomic E-state index is 7.82. The molecule has 3 aromatic carbocycles. The molecule has 3 heteroatoms. The minimum atomic E-state index is 0.547. The van der Waals surface area contributed by atoms with Gasteiger partial charge in [-0.3, -0.25) is 0 Å². The standard InChI is InChI=1S/C30H33N3/c1-2-3-18-33-21-22-12-14-25(15-13-22)30(26-16-17-28(32)27(19-26)20-31)29(24-10-7-11-24)23-8-5-4-6-9-23/h2-6,8-9,12-17,19-20,24,31,33H,7,10-11,18,21,32H2,1H3/b3-2+,30-29-,31-20?. The molecule has 0 unspecified atom stereocenters. The molecule has 4 N–H and O–H groups in total. The molecule has 0 saturated heterocycles. The van der Waals surface area contributed by atoms with Crippen molar-refractivity contribution in [2.24, 2.45) is 5.92 Å². The van der Waals surface area contributed by atoms with Gasteiger partial charge in [0.05, 0.1) is 0 Å². The topological polar surface area (TPSA) is 61.9 Å². The van der Waals surface area contributed by atoms with Gasteiger partial charge < -0.3 is 16.5 Å². The van der Waals surface area contributed by atoms with Crippen molar-refractivity contribution in [1.82, 2.24) is 5.32 Å². The van der Waals surface area contributed by atoms with E-state index in [1.165, 1.54) is 53.3 Å². The average molecular weight is 436 g/mol. The first-order valence-corrected chi connectivity index (χ1v) is 11.8. The van der Waals surface area contributed by atoms with Crippen LogP contribution in [0.15, 0.2) is 84.9 Å². The summed E-state index contributed by atoms with van der Waals surface area (Å²) < 4.78 is 0. The van der Waals surface area contributed by atoms with Crippen molar-refractivity contribution in [2.75, 3.05) is 12.3 Å². The van der Waals surface area contributed by atoms with Crippen molar-refractivity contribution in [3.63, 3.8) is 0 Å². The lowest BCUT2D eigenvalue weighted by Gasteiger charge is -2.31. The molecule has 0 bridgehead atoms. The molecule has 4 rings (SSSR count). The lowest BCUT2D eigenvalue weighted by Crippen LogP contribution is -2.15. The normalized spacial score (nSPS) is 14.7. The summed E-state index contributed by atoms with van der Waals surface area (Å²) in [7, 11) is 0. The highest BCUT2D eigenvalue weighted by Gasteiger charge is 2.27. The van der Waals surface area contributed by atoms with Crippen LogP contribution in [-0.4, -0.2) is 12.8 Å². The number of hydrogen-bond acceptors (Lipinski definition) is 3. The van der Waals surface area contributed by atoms with Gasteiger partial charge in [-0.15, -0.1) is 0 Å². The number of rotatable bonds is 9. The van der Waals surface area contributed by atoms with Crippen LogP contribution < -0.4 is 11.1 Å². The van der Waals surface area contributed by atoms with E-state index in [9.17, 15) is 0 Å². The van der Waals surface area contributed by atoms with Crippen LogP contribution in [0.4, 0.5) is 5.69 Å². The molecule has 0 aliphatic heterocycles. The molecule has 0 amide bonds. The summed E-state index contributed by atoms with van der Waals surface area (Å²) in [6, 6.07) is 25.8. The van der Waals surface area contributed by atoms with Crippen molar-refractivity contribution in [1.29, 1.82) is 5.41 Å². The highest BCUT2D eigenvalue weighted by molar-refractivity contribution is 6.01. The summed E-state index contributed by atoms with van der Waals surface area (Å²) >= 11 is 0. The van der Waals surface area contributed by atoms with E-state index in [-0.39, 0.29) is 0 Å². The van der Waals surface area contributed by atoms with Crippen molar-refractivity contribution in [2.45, 2.75) is 32.7 Å². The van der Waals surface area contributed by atoms with Crippen molar-refractivity contribution < 1.29 is 0 Å². The van der Waals surface area contributed by atoms with E-state index in [4.69, 9.17) is 11.1 Å². The molecular formula is C30H33N3. The summed E-state index contributed by atoms with van der Waals surface area (Å²) in [6.07, 6.45) is 9.25. The number of allylic oxidation sites excluding steroid dienone is 2. The second-order valence-electron chi connectivity index (χ2n) is 8.67. The van der Waals surface area contributed by atoms with Crippen LogP contribution in [0.1, 0.15) is 54.0 Å². The molecule has 1 aliphatic carbocycles. The Balaban J connectivity index is 1.83. The van der Waals surface area contributed by atoms with Crippen molar-refractivity contribution in [3.05, 3.63) is 113 Å². The van der Waals surface area contributed by atoms with Crippen LogP contribution in [0.25, 0.3) is 11.1 Å². The smallest absolute Gasteiger partial charge is 0.0403 e. The van der Waals surface area contributed by atoms with Crippen LogP contribution in [0.5, 0.6) is 0 Å². The van der Waals surface area contributed by atoms with E-state index >= 15 is 0 Å². The summed E-state index contributed by atoms with van der Waals surface area (Å²) in [5.41, 5.74) is 15.1. The lowest BCUT2D eigenvalue weighted by atomic mass is 9.73. The second-order valence-corrected chi connectivity index (χ2v) is 8.67. The fourth-order valence-electron chi connectivity index (χ4n) is 4.44. The van der Waals surface area contributed by atoms with Gasteiger partial charge in [-0.2, -0.15) is 0 Å².